The third-order valence-corrected chi connectivity index (χ3v) is 5.07. The smallest absolute Gasteiger partial charge is 0.315 e. The number of hydrogen-bond acceptors (Lipinski definition) is 6. The van der Waals surface area contributed by atoms with E-state index in [1.54, 1.807) is 0 Å². The van der Waals surface area contributed by atoms with Gasteiger partial charge in [0, 0.05) is 12.1 Å². The number of aromatic nitrogens is 1. The minimum atomic E-state index is -0.513. The Bertz CT molecular complexity index is 653. The molecule has 24 heavy (non-hydrogen) atoms. The summed E-state index contributed by atoms with van der Waals surface area (Å²) in [5.41, 5.74) is -0.0761. The average Bonchev–Trinajstić information content (AvgIpc) is 2.92. The summed E-state index contributed by atoms with van der Waals surface area (Å²) in [4.78, 5) is 37.4. The third kappa shape index (κ3) is 3.94. The molecular formula is C14H17N5O4S. The van der Waals surface area contributed by atoms with E-state index < -0.39 is 4.92 Å². The number of pyridine rings is 1. The van der Waals surface area contributed by atoms with Gasteiger partial charge >= 0.3 is 6.03 Å². The fourth-order valence-corrected chi connectivity index (χ4v) is 3.64. The van der Waals surface area contributed by atoms with Gasteiger partial charge in [-0.05, 0) is 25.3 Å². The number of amides is 3. The van der Waals surface area contributed by atoms with Crippen LogP contribution < -0.4 is 16.0 Å². The molecule has 9 nitrogen and oxygen atoms in total. The summed E-state index contributed by atoms with van der Waals surface area (Å²) in [5.74, 6) is 0.0842. The lowest BCUT2D eigenvalue weighted by molar-refractivity contribution is -0.385. The lowest BCUT2D eigenvalue weighted by Crippen LogP contribution is -2.48. The molecule has 0 spiro atoms. The highest BCUT2D eigenvalue weighted by Gasteiger charge is 2.37. The molecule has 2 fully saturated rings. The molecular weight excluding hydrogens is 334 g/mol. The zero-order valence-electron chi connectivity index (χ0n) is 12.7. The van der Waals surface area contributed by atoms with Crippen LogP contribution in [0.15, 0.2) is 23.4 Å². The second kappa shape index (κ2) is 7.04. The summed E-state index contributed by atoms with van der Waals surface area (Å²) in [5, 5.41) is 19.8. The van der Waals surface area contributed by atoms with Crippen molar-refractivity contribution in [3.05, 3.63) is 28.4 Å². The van der Waals surface area contributed by atoms with E-state index in [9.17, 15) is 19.7 Å². The van der Waals surface area contributed by atoms with Crippen molar-refractivity contribution in [1.82, 2.24) is 20.9 Å². The van der Waals surface area contributed by atoms with Gasteiger partial charge in [0.15, 0.2) is 0 Å². The Kier molecular flexibility index (Phi) is 4.84. The maximum absolute atomic E-state index is 12.0. The first-order valence-electron chi connectivity index (χ1n) is 7.61. The highest BCUT2D eigenvalue weighted by Crippen LogP contribution is 2.23. The van der Waals surface area contributed by atoms with Crippen LogP contribution in [0.2, 0.25) is 0 Å². The van der Waals surface area contributed by atoms with Crippen LogP contribution in [0.1, 0.15) is 19.3 Å². The van der Waals surface area contributed by atoms with Crippen molar-refractivity contribution in [1.29, 1.82) is 0 Å². The molecule has 3 unspecified atom stereocenters. The predicted octanol–water partition coefficient (Wildman–Crippen LogP) is 0.801. The lowest BCUT2D eigenvalue weighted by atomic mass is 9.88. The SMILES string of the molecule is O=C(CSc1ccc([N+](=O)[O-])cn1)NC1CCC2NC(=O)NC2C1. The van der Waals surface area contributed by atoms with Crippen molar-refractivity contribution in [2.45, 2.75) is 42.4 Å². The lowest BCUT2D eigenvalue weighted by Gasteiger charge is -2.31. The number of urea groups is 1. The zero-order chi connectivity index (χ0) is 17.1. The van der Waals surface area contributed by atoms with E-state index in [2.05, 4.69) is 20.9 Å². The Balaban J connectivity index is 1.44. The molecule has 3 amide bonds. The Hall–Kier alpha value is -2.36. The van der Waals surface area contributed by atoms with Crippen molar-refractivity contribution in [2.24, 2.45) is 0 Å². The van der Waals surface area contributed by atoms with Gasteiger partial charge in [0.2, 0.25) is 5.91 Å². The molecule has 0 aromatic carbocycles. The van der Waals surface area contributed by atoms with Crippen LogP contribution in [-0.2, 0) is 4.79 Å². The van der Waals surface area contributed by atoms with Crippen molar-refractivity contribution in [3.8, 4) is 0 Å². The second-order valence-corrected chi connectivity index (χ2v) is 6.80. The Morgan fingerprint density at radius 3 is 2.88 bits per heavy atom. The van der Waals surface area contributed by atoms with Crippen LogP contribution in [0.4, 0.5) is 10.5 Å². The van der Waals surface area contributed by atoms with Crippen LogP contribution in [-0.4, -0.2) is 45.7 Å². The van der Waals surface area contributed by atoms with E-state index >= 15 is 0 Å². The van der Waals surface area contributed by atoms with Crippen molar-refractivity contribution < 1.29 is 14.5 Å². The molecule has 1 aliphatic carbocycles. The number of thioether (sulfide) groups is 1. The van der Waals surface area contributed by atoms with E-state index in [1.165, 1.54) is 30.1 Å². The topological polar surface area (TPSA) is 126 Å². The number of carbonyl (C=O) groups excluding carboxylic acids is 2. The third-order valence-electron chi connectivity index (χ3n) is 4.13. The van der Waals surface area contributed by atoms with Crippen molar-refractivity contribution >= 4 is 29.4 Å². The first-order chi connectivity index (χ1) is 11.5. The van der Waals surface area contributed by atoms with Gasteiger partial charge in [-0.1, -0.05) is 11.8 Å². The maximum atomic E-state index is 12.0. The van der Waals surface area contributed by atoms with Gasteiger partial charge in [-0.2, -0.15) is 0 Å². The van der Waals surface area contributed by atoms with E-state index in [-0.39, 0.29) is 41.5 Å². The molecule has 1 aromatic rings. The van der Waals surface area contributed by atoms with Crippen molar-refractivity contribution in [3.63, 3.8) is 0 Å². The number of nitrogens with zero attached hydrogens (tertiary/aromatic N) is 2. The summed E-state index contributed by atoms with van der Waals surface area (Å²) in [6.45, 7) is 0. The van der Waals surface area contributed by atoms with E-state index in [1.807, 2.05) is 0 Å². The minimum Gasteiger partial charge on any atom is -0.353 e. The summed E-state index contributed by atoms with van der Waals surface area (Å²) in [6.07, 6.45) is 3.56. The van der Waals surface area contributed by atoms with Gasteiger partial charge in [-0.3, -0.25) is 14.9 Å². The zero-order valence-corrected chi connectivity index (χ0v) is 13.5. The van der Waals surface area contributed by atoms with Gasteiger partial charge in [0.25, 0.3) is 5.69 Å². The number of hydrogen-bond donors (Lipinski definition) is 3. The highest BCUT2D eigenvalue weighted by molar-refractivity contribution is 7.99. The van der Waals surface area contributed by atoms with E-state index in [0.29, 0.717) is 5.03 Å². The van der Waals surface area contributed by atoms with Gasteiger partial charge in [-0.25, -0.2) is 9.78 Å². The van der Waals surface area contributed by atoms with Crippen molar-refractivity contribution in [2.75, 3.05) is 5.75 Å². The molecule has 1 aliphatic heterocycles. The Labute approximate surface area is 142 Å². The molecule has 0 bridgehead atoms. The average molecular weight is 351 g/mol. The van der Waals surface area contributed by atoms with E-state index in [0.717, 1.165) is 19.3 Å². The maximum Gasteiger partial charge on any atom is 0.315 e. The fourth-order valence-electron chi connectivity index (χ4n) is 2.99. The number of carbonyl (C=O) groups is 2. The van der Waals surface area contributed by atoms with E-state index in [4.69, 9.17) is 0 Å². The fraction of sp³-hybridized carbons (Fsp3) is 0.500. The molecule has 2 aliphatic rings. The molecule has 10 heteroatoms. The molecule has 3 N–H and O–H groups in total. The quantitative estimate of drug-likeness (QED) is 0.409. The summed E-state index contributed by atoms with van der Waals surface area (Å²) >= 11 is 1.23. The van der Waals surface area contributed by atoms with Crippen LogP contribution in [0, 0.1) is 10.1 Å². The number of rotatable bonds is 5. The number of nitrogens with one attached hydrogen (secondary N) is 3. The molecule has 1 aromatic heterocycles. The normalized spacial score (nSPS) is 25.3. The minimum absolute atomic E-state index is 0.0457. The number of nitro groups is 1. The largest absolute Gasteiger partial charge is 0.353 e. The standard InChI is InChI=1S/C14H17N5O4S/c20-12(7-24-13-4-2-9(6-15-13)19(22)23)16-8-1-3-10-11(5-8)18-14(21)17-10/h2,4,6,8,10-11H,1,3,5,7H2,(H,16,20)(H2,17,18,21). The molecule has 3 rings (SSSR count). The van der Waals surface area contributed by atoms with Crippen LogP contribution in [0.5, 0.6) is 0 Å². The number of fused-ring (bicyclic) bond motifs is 1. The molecule has 128 valence electrons. The first-order valence-corrected chi connectivity index (χ1v) is 8.59. The molecule has 1 saturated heterocycles. The molecule has 2 heterocycles. The molecule has 1 saturated carbocycles. The highest BCUT2D eigenvalue weighted by atomic mass is 32.2. The monoisotopic (exact) mass is 351 g/mol. The Morgan fingerprint density at radius 2 is 2.17 bits per heavy atom. The summed E-state index contributed by atoms with van der Waals surface area (Å²) in [7, 11) is 0. The molecule has 0 radical (unpaired) electrons. The van der Waals surface area contributed by atoms with Crippen LogP contribution >= 0.6 is 11.8 Å². The molecule has 3 atom stereocenters. The van der Waals surface area contributed by atoms with Crippen LogP contribution in [0.3, 0.4) is 0 Å². The predicted molar refractivity (Wildman–Crippen MR) is 86.6 cm³/mol. The first kappa shape index (κ1) is 16.5. The van der Waals surface area contributed by atoms with Gasteiger partial charge < -0.3 is 16.0 Å². The summed E-state index contributed by atoms with van der Waals surface area (Å²) in [6, 6.07) is 3.02. The van der Waals surface area contributed by atoms with Gasteiger partial charge in [-0.15, -0.1) is 0 Å². The Morgan fingerprint density at radius 1 is 1.38 bits per heavy atom. The van der Waals surface area contributed by atoms with Crippen LogP contribution in [0.25, 0.3) is 0 Å². The van der Waals surface area contributed by atoms with Gasteiger partial charge in [0.1, 0.15) is 6.20 Å². The van der Waals surface area contributed by atoms with Gasteiger partial charge in [0.05, 0.1) is 27.8 Å². The second-order valence-electron chi connectivity index (χ2n) is 5.81. The summed E-state index contributed by atoms with van der Waals surface area (Å²) < 4.78 is 0.